The summed E-state index contributed by atoms with van der Waals surface area (Å²) in [4.78, 5) is 19.1. The summed E-state index contributed by atoms with van der Waals surface area (Å²) in [5.41, 5.74) is 7.92. The first-order valence-corrected chi connectivity index (χ1v) is 11.8. The summed E-state index contributed by atoms with van der Waals surface area (Å²) >= 11 is 0. The lowest BCUT2D eigenvalue weighted by Crippen LogP contribution is -2.33. The Balaban J connectivity index is 1.36. The third-order valence-corrected chi connectivity index (χ3v) is 6.99. The zero-order valence-electron chi connectivity index (χ0n) is 19.4. The van der Waals surface area contributed by atoms with Gasteiger partial charge in [-0.05, 0) is 80.6 Å². The third kappa shape index (κ3) is 4.44. The predicted molar refractivity (Wildman–Crippen MR) is 136 cm³/mol. The number of fused-ring (bicyclic) bond motifs is 1. The number of aromatic nitrogens is 1. The average Bonchev–Trinajstić information content (AvgIpc) is 3.19. The Bertz CT molecular complexity index is 1250. The van der Waals surface area contributed by atoms with Crippen molar-refractivity contribution in [1.82, 2.24) is 9.88 Å². The normalized spacial score (nSPS) is 15.1. The van der Waals surface area contributed by atoms with E-state index in [2.05, 4.69) is 53.3 Å². The van der Waals surface area contributed by atoms with Crippen molar-refractivity contribution < 1.29 is 4.79 Å². The van der Waals surface area contributed by atoms with Crippen LogP contribution in [0.25, 0.3) is 10.9 Å². The second-order valence-electron chi connectivity index (χ2n) is 9.20. The Labute approximate surface area is 195 Å². The minimum Gasteiger partial charge on any atom is -0.350 e. The Morgan fingerprint density at radius 1 is 0.909 bits per heavy atom. The maximum Gasteiger partial charge on any atom is 0.272 e. The zero-order valence-corrected chi connectivity index (χ0v) is 19.4. The van der Waals surface area contributed by atoms with Gasteiger partial charge in [0.15, 0.2) is 0 Å². The molecule has 0 atom stereocenters. The van der Waals surface area contributed by atoms with Crippen molar-refractivity contribution in [3.05, 3.63) is 101 Å². The van der Waals surface area contributed by atoms with Gasteiger partial charge in [0.25, 0.3) is 5.91 Å². The molecule has 0 aliphatic carbocycles. The molecule has 0 saturated carbocycles. The van der Waals surface area contributed by atoms with E-state index in [1.54, 1.807) is 0 Å². The molecule has 4 heteroatoms. The van der Waals surface area contributed by atoms with E-state index in [4.69, 9.17) is 0 Å². The molecule has 2 heterocycles. The number of rotatable bonds is 5. The number of amides is 1. The highest BCUT2D eigenvalue weighted by atomic mass is 16.1. The molecule has 168 valence electrons. The van der Waals surface area contributed by atoms with E-state index in [1.807, 2.05) is 48.5 Å². The molecule has 0 radical (unpaired) electrons. The Hall–Kier alpha value is -3.37. The molecule has 5 rings (SSSR count). The number of likely N-dealkylation sites (tertiary alicyclic amines) is 1. The van der Waals surface area contributed by atoms with Crippen LogP contribution in [0.15, 0.2) is 72.8 Å². The highest BCUT2D eigenvalue weighted by Crippen LogP contribution is 2.34. The summed E-state index contributed by atoms with van der Waals surface area (Å²) in [5.74, 6) is 0.532. The van der Waals surface area contributed by atoms with Gasteiger partial charge >= 0.3 is 0 Å². The molecule has 3 aromatic carbocycles. The molecule has 1 amide bonds. The number of hydrogen-bond acceptors (Lipinski definition) is 2. The fraction of sp³-hybridized carbons (Fsp3) is 0.276. The lowest BCUT2D eigenvalue weighted by Gasteiger charge is -2.33. The van der Waals surface area contributed by atoms with Crippen molar-refractivity contribution in [1.29, 1.82) is 0 Å². The number of H-pyrrole nitrogens is 1. The van der Waals surface area contributed by atoms with E-state index >= 15 is 0 Å². The largest absolute Gasteiger partial charge is 0.350 e. The van der Waals surface area contributed by atoms with Gasteiger partial charge in [0.1, 0.15) is 5.69 Å². The summed E-state index contributed by atoms with van der Waals surface area (Å²) in [6.07, 6.45) is 2.30. The molecule has 1 fully saturated rings. The number of nitrogens with one attached hydrogen (secondary N) is 2. The molecule has 0 spiro atoms. The number of hydrogen-bond donors (Lipinski definition) is 2. The summed E-state index contributed by atoms with van der Waals surface area (Å²) in [7, 11) is 0. The number of para-hydroxylation sites is 2. The number of aryl methyl sites for hydroxylation is 2. The first-order chi connectivity index (χ1) is 16.1. The topological polar surface area (TPSA) is 48.1 Å². The van der Waals surface area contributed by atoms with Gasteiger partial charge in [-0.2, -0.15) is 0 Å². The number of anilines is 1. The van der Waals surface area contributed by atoms with E-state index in [-0.39, 0.29) is 5.91 Å². The molecule has 1 aliphatic rings. The Morgan fingerprint density at radius 2 is 1.58 bits per heavy atom. The van der Waals surface area contributed by atoms with Gasteiger partial charge in [-0.1, -0.05) is 54.6 Å². The van der Waals surface area contributed by atoms with Crippen LogP contribution < -0.4 is 5.32 Å². The highest BCUT2D eigenvalue weighted by molar-refractivity contribution is 6.07. The second kappa shape index (κ2) is 9.24. The lowest BCUT2D eigenvalue weighted by molar-refractivity contribution is 0.102. The number of carbonyl (C=O) groups excluding carboxylic acids is 1. The van der Waals surface area contributed by atoms with E-state index in [0.717, 1.165) is 54.6 Å². The predicted octanol–water partition coefficient (Wildman–Crippen LogP) is 6.42. The van der Waals surface area contributed by atoms with Crippen LogP contribution in [0.2, 0.25) is 0 Å². The molecule has 4 aromatic rings. The summed E-state index contributed by atoms with van der Waals surface area (Å²) in [6, 6.07) is 24.5. The van der Waals surface area contributed by atoms with Crippen molar-refractivity contribution in [3.8, 4) is 0 Å². The van der Waals surface area contributed by atoms with Crippen LogP contribution in [0, 0.1) is 13.8 Å². The van der Waals surface area contributed by atoms with E-state index in [9.17, 15) is 4.79 Å². The van der Waals surface area contributed by atoms with Crippen molar-refractivity contribution in [3.63, 3.8) is 0 Å². The first-order valence-electron chi connectivity index (χ1n) is 11.8. The van der Waals surface area contributed by atoms with E-state index in [0.29, 0.717) is 11.6 Å². The maximum atomic E-state index is 13.2. The van der Waals surface area contributed by atoms with Crippen LogP contribution in [0.5, 0.6) is 0 Å². The maximum absolute atomic E-state index is 13.2. The number of carbonyl (C=O) groups is 1. The lowest BCUT2D eigenvalue weighted by atomic mass is 9.84. The molecule has 1 aliphatic heterocycles. The van der Waals surface area contributed by atoms with Crippen molar-refractivity contribution in [2.45, 2.75) is 39.2 Å². The van der Waals surface area contributed by atoms with Crippen molar-refractivity contribution >= 4 is 22.5 Å². The molecular formula is C29H31N3O. The van der Waals surface area contributed by atoms with Gasteiger partial charge in [-0.25, -0.2) is 0 Å². The van der Waals surface area contributed by atoms with Crippen molar-refractivity contribution in [2.75, 3.05) is 18.4 Å². The standard InChI is InChI=1S/C29H31N3O/c1-20-9-8-10-21(2)27(20)22-15-17-32(18-16-22)19-25-24-13-6-7-14-26(24)31-28(25)29(33)30-23-11-4-3-5-12-23/h3-14,22,31H,15-19H2,1-2H3,(H,30,33). The fourth-order valence-electron chi connectivity index (χ4n) is 5.35. The van der Waals surface area contributed by atoms with Crippen LogP contribution in [-0.4, -0.2) is 28.9 Å². The number of nitrogens with zero attached hydrogens (tertiary/aromatic N) is 1. The Kier molecular flexibility index (Phi) is 6.01. The monoisotopic (exact) mass is 437 g/mol. The molecule has 4 nitrogen and oxygen atoms in total. The molecule has 33 heavy (non-hydrogen) atoms. The molecule has 0 bridgehead atoms. The highest BCUT2D eigenvalue weighted by Gasteiger charge is 2.25. The average molecular weight is 438 g/mol. The van der Waals surface area contributed by atoms with Crippen LogP contribution >= 0.6 is 0 Å². The molecule has 0 unspecified atom stereocenters. The van der Waals surface area contributed by atoms with E-state index < -0.39 is 0 Å². The molecule has 1 aromatic heterocycles. The summed E-state index contributed by atoms with van der Waals surface area (Å²) in [6.45, 7) is 7.33. The van der Waals surface area contributed by atoms with Gasteiger partial charge in [-0.15, -0.1) is 0 Å². The first kappa shape index (κ1) is 21.5. The van der Waals surface area contributed by atoms with Crippen LogP contribution in [0.1, 0.15) is 51.5 Å². The SMILES string of the molecule is Cc1cccc(C)c1C1CCN(Cc2c(C(=O)Nc3ccccc3)[nH]c3ccccc23)CC1. The summed E-state index contributed by atoms with van der Waals surface area (Å²) < 4.78 is 0. The van der Waals surface area contributed by atoms with Gasteiger partial charge in [0.2, 0.25) is 0 Å². The van der Waals surface area contributed by atoms with Gasteiger partial charge < -0.3 is 10.3 Å². The quantitative estimate of drug-likeness (QED) is 0.379. The molecule has 2 N–H and O–H groups in total. The molecular weight excluding hydrogens is 406 g/mol. The number of aromatic amines is 1. The second-order valence-corrected chi connectivity index (χ2v) is 9.20. The minimum atomic E-state index is -0.0854. The van der Waals surface area contributed by atoms with Crippen LogP contribution in [-0.2, 0) is 6.54 Å². The zero-order chi connectivity index (χ0) is 22.8. The van der Waals surface area contributed by atoms with E-state index in [1.165, 1.54) is 16.7 Å². The third-order valence-electron chi connectivity index (χ3n) is 6.99. The fourth-order valence-corrected chi connectivity index (χ4v) is 5.35. The van der Waals surface area contributed by atoms with Gasteiger partial charge in [0, 0.05) is 28.7 Å². The van der Waals surface area contributed by atoms with Crippen LogP contribution in [0.4, 0.5) is 5.69 Å². The van der Waals surface area contributed by atoms with Gasteiger partial charge in [0.05, 0.1) is 0 Å². The molecule has 1 saturated heterocycles. The minimum absolute atomic E-state index is 0.0854. The Morgan fingerprint density at radius 3 is 2.30 bits per heavy atom. The van der Waals surface area contributed by atoms with Crippen LogP contribution in [0.3, 0.4) is 0 Å². The van der Waals surface area contributed by atoms with Crippen molar-refractivity contribution in [2.24, 2.45) is 0 Å². The number of benzene rings is 3. The smallest absolute Gasteiger partial charge is 0.272 e. The summed E-state index contributed by atoms with van der Waals surface area (Å²) in [5, 5.41) is 4.18. The number of piperidine rings is 1. The van der Waals surface area contributed by atoms with Gasteiger partial charge in [-0.3, -0.25) is 9.69 Å².